The van der Waals surface area contributed by atoms with Gasteiger partial charge in [0, 0.05) is 12.4 Å². The summed E-state index contributed by atoms with van der Waals surface area (Å²) in [5.41, 5.74) is 2.33. The van der Waals surface area contributed by atoms with E-state index in [2.05, 4.69) is 29.3 Å². The number of rotatable bonds is 7. The van der Waals surface area contributed by atoms with Crippen LogP contribution in [0.15, 0.2) is 35.7 Å². The standard InChI is InChI=1S/C16H21N3O2S/c1-13-5-2-3-7-15(13)19-12-17-18-16(19)22-10-9-20-11-14-6-4-8-21-14/h2-3,5,7,12,14H,4,6,8-11H2,1H3/t14-/m1/s1. The summed E-state index contributed by atoms with van der Waals surface area (Å²) >= 11 is 1.66. The second kappa shape index (κ2) is 7.76. The molecule has 1 aliphatic heterocycles. The molecule has 3 rings (SSSR count). The molecule has 1 aromatic carbocycles. The summed E-state index contributed by atoms with van der Waals surface area (Å²) in [5, 5.41) is 9.14. The summed E-state index contributed by atoms with van der Waals surface area (Å²) in [4.78, 5) is 0. The first-order valence-electron chi connectivity index (χ1n) is 7.63. The van der Waals surface area contributed by atoms with Crippen molar-refractivity contribution < 1.29 is 9.47 Å². The highest BCUT2D eigenvalue weighted by Crippen LogP contribution is 2.21. The van der Waals surface area contributed by atoms with Crippen molar-refractivity contribution in [2.75, 3.05) is 25.6 Å². The molecule has 0 spiro atoms. The SMILES string of the molecule is Cc1ccccc1-n1cnnc1SCCOC[C@H]1CCCO1. The minimum Gasteiger partial charge on any atom is -0.378 e. The molecule has 0 aliphatic carbocycles. The second-order valence-electron chi connectivity index (χ2n) is 5.33. The van der Waals surface area contributed by atoms with Crippen molar-refractivity contribution in [1.29, 1.82) is 0 Å². The number of ether oxygens (including phenoxy) is 2. The van der Waals surface area contributed by atoms with E-state index < -0.39 is 0 Å². The third-order valence-electron chi connectivity index (χ3n) is 3.68. The highest BCUT2D eigenvalue weighted by Gasteiger charge is 2.15. The Balaban J connectivity index is 1.49. The number of aromatic nitrogens is 3. The average molecular weight is 319 g/mol. The fourth-order valence-electron chi connectivity index (χ4n) is 2.50. The fraction of sp³-hybridized carbons (Fsp3) is 0.500. The molecular weight excluding hydrogens is 298 g/mol. The molecule has 0 bridgehead atoms. The zero-order chi connectivity index (χ0) is 15.2. The van der Waals surface area contributed by atoms with Crippen molar-refractivity contribution in [3.8, 4) is 5.69 Å². The van der Waals surface area contributed by atoms with Gasteiger partial charge >= 0.3 is 0 Å². The van der Waals surface area contributed by atoms with E-state index in [1.807, 2.05) is 16.7 Å². The maximum Gasteiger partial charge on any atom is 0.195 e. The van der Waals surface area contributed by atoms with Gasteiger partial charge in [-0.15, -0.1) is 10.2 Å². The summed E-state index contributed by atoms with van der Waals surface area (Å²) in [7, 11) is 0. The van der Waals surface area contributed by atoms with Crippen LogP contribution < -0.4 is 0 Å². The van der Waals surface area contributed by atoms with Crippen LogP contribution in [0.2, 0.25) is 0 Å². The van der Waals surface area contributed by atoms with Gasteiger partial charge in [0.05, 0.1) is 25.0 Å². The molecule has 2 heterocycles. The van der Waals surface area contributed by atoms with Crippen LogP contribution in [-0.2, 0) is 9.47 Å². The van der Waals surface area contributed by atoms with Crippen molar-refractivity contribution >= 4 is 11.8 Å². The second-order valence-corrected chi connectivity index (χ2v) is 6.39. The van der Waals surface area contributed by atoms with Gasteiger partial charge in [0.25, 0.3) is 0 Å². The number of thioether (sulfide) groups is 1. The summed E-state index contributed by atoms with van der Waals surface area (Å²) < 4.78 is 13.2. The Labute approximate surface area is 135 Å². The van der Waals surface area contributed by atoms with Crippen LogP contribution in [0.3, 0.4) is 0 Å². The molecule has 1 aliphatic rings. The molecular formula is C16H21N3O2S. The number of para-hydroxylation sites is 1. The van der Waals surface area contributed by atoms with E-state index in [9.17, 15) is 0 Å². The van der Waals surface area contributed by atoms with Gasteiger partial charge in [-0.05, 0) is 31.4 Å². The first kappa shape index (κ1) is 15.5. The Kier molecular flexibility index (Phi) is 5.48. The van der Waals surface area contributed by atoms with Crippen LogP contribution in [-0.4, -0.2) is 46.4 Å². The molecule has 22 heavy (non-hydrogen) atoms. The van der Waals surface area contributed by atoms with E-state index in [1.165, 1.54) is 5.56 Å². The molecule has 0 saturated carbocycles. The van der Waals surface area contributed by atoms with Gasteiger partial charge in [-0.25, -0.2) is 0 Å². The lowest BCUT2D eigenvalue weighted by Crippen LogP contribution is -2.15. The zero-order valence-corrected chi connectivity index (χ0v) is 13.6. The molecule has 0 amide bonds. The lowest BCUT2D eigenvalue weighted by molar-refractivity contribution is 0.0226. The lowest BCUT2D eigenvalue weighted by atomic mass is 10.2. The first-order chi connectivity index (χ1) is 10.8. The van der Waals surface area contributed by atoms with Crippen LogP contribution >= 0.6 is 11.8 Å². The van der Waals surface area contributed by atoms with Gasteiger partial charge in [0.2, 0.25) is 0 Å². The molecule has 2 aromatic rings. The first-order valence-corrected chi connectivity index (χ1v) is 8.61. The van der Waals surface area contributed by atoms with Gasteiger partial charge in [0.15, 0.2) is 5.16 Å². The Bertz CT molecular complexity index is 597. The number of benzene rings is 1. The van der Waals surface area contributed by atoms with Crippen molar-refractivity contribution in [3.05, 3.63) is 36.2 Å². The van der Waals surface area contributed by atoms with Gasteiger partial charge in [-0.3, -0.25) is 4.57 Å². The smallest absolute Gasteiger partial charge is 0.195 e. The number of aryl methyl sites for hydroxylation is 1. The van der Waals surface area contributed by atoms with Gasteiger partial charge in [0.1, 0.15) is 6.33 Å². The molecule has 6 heteroatoms. The highest BCUT2D eigenvalue weighted by atomic mass is 32.2. The predicted octanol–water partition coefficient (Wildman–Crippen LogP) is 2.86. The molecule has 0 N–H and O–H groups in total. The zero-order valence-electron chi connectivity index (χ0n) is 12.8. The molecule has 0 radical (unpaired) electrons. The van der Waals surface area contributed by atoms with Crippen molar-refractivity contribution in [3.63, 3.8) is 0 Å². The van der Waals surface area contributed by atoms with E-state index in [0.29, 0.717) is 19.3 Å². The molecule has 1 atom stereocenters. The molecule has 0 unspecified atom stereocenters. The van der Waals surface area contributed by atoms with Crippen molar-refractivity contribution in [1.82, 2.24) is 14.8 Å². The van der Waals surface area contributed by atoms with Crippen LogP contribution in [0.5, 0.6) is 0 Å². The average Bonchev–Trinajstić information content (AvgIpc) is 3.19. The lowest BCUT2D eigenvalue weighted by Gasteiger charge is -2.11. The minimum atomic E-state index is 0.292. The van der Waals surface area contributed by atoms with Crippen LogP contribution in [0, 0.1) is 6.92 Å². The van der Waals surface area contributed by atoms with Crippen molar-refractivity contribution in [2.45, 2.75) is 31.0 Å². The largest absolute Gasteiger partial charge is 0.378 e. The molecule has 1 aromatic heterocycles. The summed E-state index contributed by atoms with van der Waals surface area (Å²) in [6.07, 6.45) is 4.33. The number of nitrogens with zero attached hydrogens (tertiary/aromatic N) is 3. The monoisotopic (exact) mass is 319 g/mol. The molecule has 5 nitrogen and oxygen atoms in total. The third kappa shape index (κ3) is 3.88. The van der Waals surface area contributed by atoms with Gasteiger partial charge < -0.3 is 9.47 Å². The quantitative estimate of drug-likeness (QED) is 0.580. The van der Waals surface area contributed by atoms with Gasteiger partial charge in [-0.2, -0.15) is 0 Å². The number of hydrogen-bond acceptors (Lipinski definition) is 5. The summed E-state index contributed by atoms with van der Waals surface area (Å²) in [6, 6.07) is 8.24. The fourth-order valence-corrected chi connectivity index (χ4v) is 3.28. The van der Waals surface area contributed by atoms with E-state index in [1.54, 1.807) is 18.1 Å². The summed E-state index contributed by atoms with van der Waals surface area (Å²) in [6.45, 7) is 4.37. The topological polar surface area (TPSA) is 49.2 Å². The van der Waals surface area contributed by atoms with E-state index in [4.69, 9.17) is 9.47 Å². The molecule has 1 saturated heterocycles. The Morgan fingerprint density at radius 1 is 1.41 bits per heavy atom. The molecule has 1 fully saturated rings. The maximum atomic E-state index is 5.68. The van der Waals surface area contributed by atoms with E-state index in [0.717, 1.165) is 36.0 Å². The Morgan fingerprint density at radius 2 is 2.32 bits per heavy atom. The Hall–Kier alpha value is -1.37. The summed E-state index contributed by atoms with van der Waals surface area (Å²) in [5.74, 6) is 0.858. The number of hydrogen-bond donors (Lipinski definition) is 0. The minimum absolute atomic E-state index is 0.292. The van der Waals surface area contributed by atoms with Gasteiger partial charge in [-0.1, -0.05) is 30.0 Å². The highest BCUT2D eigenvalue weighted by molar-refractivity contribution is 7.99. The van der Waals surface area contributed by atoms with Crippen LogP contribution in [0.25, 0.3) is 5.69 Å². The third-order valence-corrected chi connectivity index (χ3v) is 4.59. The molecule has 118 valence electrons. The maximum absolute atomic E-state index is 5.68. The normalized spacial score (nSPS) is 18.0. The Morgan fingerprint density at radius 3 is 3.14 bits per heavy atom. The van der Waals surface area contributed by atoms with E-state index in [-0.39, 0.29) is 0 Å². The van der Waals surface area contributed by atoms with Crippen molar-refractivity contribution in [2.24, 2.45) is 0 Å². The predicted molar refractivity (Wildman–Crippen MR) is 86.6 cm³/mol. The van der Waals surface area contributed by atoms with Crippen LogP contribution in [0.4, 0.5) is 0 Å². The van der Waals surface area contributed by atoms with Crippen LogP contribution in [0.1, 0.15) is 18.4 Å². The van der Waals surface area contributed by atoms with E-state index >= 15 is 0 Å².